The SMILES string of the molecule is CC(C)(CCO)CNS(=O)(=O)c1c(Cl)cc(N)cc1Cl. The number of anilines is 1. The number of rotatable bonds is 6. The highest BCUT2D eigenvalue weighted by molar-refractivity contribution is 7.89. The van der Waals surface area contributed by atoms with E-state index in [0.29, 0.717) is 12.1 Å². The predicted molar refractivity (Wildman–Crippen MR) is 81.5 cm³/mol. The van der Waals surface area contributed by atoms with Crippen LogP contribution in [0, 0.1) is 5.41 Å². The topological polar surface area (TPSA) is 92.4 Å². The third kappa shape index (κ3) is 4.49. The zero-order valence-corrected chi connectivity index (χ0v) is 13.6. The Morgan fingerprint density at radius 3 is 2.25 bits per heavy atom. The van der Waals surface area contributed by atoms with Gasteiger partial charge < -0.3 is 10.8 Å². The van der Waals surface area contributed by atoms with Gasteiger partial charge in [-0.1, -0.05) is 37.0 Å². The van der Waals surface area contributed by atoms with Gasteiger partial charge in [0, 0.05) is 18.8 Å². The van der Waals surface area contributed by atoms with Gasteiger partial charge in [0.15, 0.2) is 0 Å². The van der Waals surface area contributed by atoms with Crippen molar-refractivity contribution in [3.8, 4) is 0 Å². The quantitative estimate of drug-likeness (QED) is 0.692. The Kier molecular flexibility index (Phi) is 5.69. The summed E-state index contributed by atoms with van der Waals surface area (Å²) in [5.41, 5.74) is 5.45. The van der Waals surface area contributed by atoms with Gasteiger partial charge in [0.1, 0.15) is 4.90 Å². The molecule has 0 aliphatic carbocycles. The zero-order chi connectivity index (χ0) is 15.6. The second-order valence-corrected chi connectivity index (χ2v) is 7.79. The highest BCUT2D eigenvalue weighted by Gasteiger charge is 2.25. The monoisotopic (exact) mass is 340 g/mol. The molecule has 0 aliphatic rings. The fraction of sp³-hybridized carbons (Fsp3) is 0.500. The van der Waals surface area contributed by atoms with Gasteiger partial charge in [-0.15, -0.1) is 0 Å². The van der Waals surface area contributed by atoms with Gasteiger partial charge in [-0.3, -0.25) is 0 Å². The molecule has 0 radical (unpaired) electrons. The summed E-state index contributed by atoms with van der Waals surface area (Å²) < 4.78 is 27.0. The third-order valence-corrected chi connectivity index (χ3v) is 5.14. The van der Waals surface area contributed by atoms with Crippen LogP contribution in [0.25, 0.3) is 0 Å². The van der Waals surface area contributed by atoms with Gasteiger partial charge >= 0.3 is 0 Å². The van der Waals surface area contributed by atoms with Gasteiger partial charge in [0.2, 0.25) is 10.0 Å². The summed E-state index contributed by atoms with van der Waals surface area (Å²) in [6.45, 7) is 3.83. The van der Waals surface area contributed by atoms with Crippen LogP contribution in [0.2, 0.25) is 10.0 Å². The number of hydrogen-bond acceptors (Lipinski definition) is 4. The van der Waals surface area contributed by atoms with Crippen molar-refractivity contribution in [2.75, 3.05) is 18.9 Å². The number of halogens is 2. The third-order valence-electron chi connectivity index (χ3n) is 2.82. The number of hydrogen-bond donors (Lipinski definition) is 3. The summed E-state index contributed by atoms with van der Waals surface area (Å²) >= 11 is 11.8. The second-order valence-electron chi connectivity index (χ2n) is 5.28. The fourth-order valence-electron chi connectivity index (χ4n) is 1.59. The molecule has 0 unspecified atom stereocenters. The minimum Gasteiger partial charge on any atom is -0.399 e. The largest absolute Gasteiger partial charge is 0.399 e. The van der Waals surface area contributed by atoms with Crippen LogP contribution in [0.5, 0.6) is 0 Å². The average molecular weight is 341 g/mol. The minimum absolute atomic E-state index is 0.0158. The minimum atomic E-state index is -3.84. The van der Waals surface area contributed by atoms with E-state index in [4.69, 9.17) is 34.0 Å². The van der Waals surface area contributed by atoms with E-state index in [9.17, 15) is 8.42 Å². The molecule has 0 fully saturated rings. The maximum atomic E-state index is 12.3. The Balaban J connectivity index is 3.01. The van der Waals surface area contributed by atoms with Crippen LogP contribution in [-0.4, -0.2) is 26.7 Å². The number of sulfonamides is 1. The molecular weight excluding hydrogens is 323 g/mol. The molecule has 0 spiro atoms. The van der Waals surface area contributed by atoms with E-state index in [-0.39, 0.29) is 33.5 Å². The molecule has 114 valence electrons. The lowest BCUT2D eigenvalue weighted by atomic mass is 9.90. The van der Waals surface area contributed by atoms with E-state index in [0.717, 1.165) is 0 Å². The number of aliphatic hydroxyl groups excluding tert-OH is 1. The standard InChI is InChI=1S/C12H18Cl2N2O3S/c1-12(2,3-4-17)7-16-20(18,19)11-9(13)5-8(15)6-10(11)14/h5-6,16-17H,3-4,7,15H2,1-2H3. The first-order valence-electron chi connectivity index (χ1n) is 5.94. The molecule has 8 heteroatoms. The summed E-state index contributed by atoms with van der Waals surface area (Å²) in [5.74, 6) is 0. The van der Waals surface area contributed by atoms with Gasteiger partial charge in [-0.2, -0.15) is 0 Å². The van der Waals surface area contributed by atoms with Crippen LogP contribution >= 0.6 is 23.2 Å². The highest BCUT2D eigenvalue weighted by atomic mass is 35.5. The lowest BCUT2D eigenvalue weighted by molar-refractivity contribution is 0.213. The van der Waals surface area contributed by atoms with Crippen LogP contribution in [-0.2, 0) is 10.0 Å². The molecule has 0 amide bonds. The van der Waals surface area contributed by atoms with Crippen molar-refractivity contribution in [1.29, 1.82) is 0 Å². The maximum Gasteiger partial charge on any atom is 0.243 e. The van der Waals surface area contributed by atoms with E-state index < -0.39 is 10.0 Å². The Labute approximate surface area is 129 Å². The maximum absolute atomic E-state index is 12.3. The van der Waals surface area contributed by atoms with Gasteiger partial charge in [-0.05, 0) is 24.0 Å². The number of nitrogens with one attached hydrogen (secondary N) is 1. The van der Waals surface area contributed by atoms with Gasteiger partial charge in [0.05, 0.1) is 10.0 Å². The first kappa shape index (κ1) is 17.5. The number of nitrogens with two attached hydrogens (primary N) is 1. The number of benzene rings is 1. The Bertz CT molecular complexity index is 565. The number of aliphatic hydroxyl groups is 1. The van der Waals surface area contributed by atoms with E-state index in [2.05, 4.69) is 4.72 Å². The Morgan fingerprint density at radius 2 is 1.80 bits per heavy atom. The van der Waals surface area contributed by atoms with E-state index in [1.54, 1.807) is 0 Å². The van der Waals surface area contributed by atoms with Gasteiger partial charge in [0.25, 0.3) is 0 Å². The first-order valence-corrected chi connectivity index (χ1v) is 8.18. The van der Waals surface area contributed by atoms with Crippen molar-refractivity contribution in [2.24, 2.45) is 5.41 Å². The molecule has 1 aromatic rings. The Morgan fingerprint density at radius 1 is 1.30 bits per heavy atom. The Hall–Kier alpha value is -0.530. The molecular formula is C12H18Cl2N2O3S. The molecule has 0 bridgehead atoms. The smallest absolute Gasteiger partial charge is 0.243 e. The highest BCUT2D eigenvalue weighted by Crippen LogP contribution is 2.32. The predicted octanol–water partition coefficient (Wildman–Crippen LogP) is 2.26. The van der Waals surface area contributed by atoms with Crippen molar-refractivity contribution in [3.63, 3.8) is 0 Å². The molecule has 4 N–H and O–H groups in total. The first-order chi connectivity index (χ1) is 9.09. The van der Waals surface area contributed by atoms with Crippen molar-refractivity contribution in [2.45, 2.75) is 25.2 Å². The number of nitrogen functional groups attached to an aromatic ring is 1. The van der Waals surface area contributed by atoms with Gasteiger partial charge in [-0.25, -0.2) is 13.1 Å². The summed E-state index contributed by atoms with van der Waals surface area (Å²) in [5, 5.41) is 8.88. The van der Waals surface area contributed by atoms with Crippen molar-refractivity contribution in [1.82, 2.24) is 4.72 Å². The summed E-state index contributed by atoms with van der Waals surface area (Å²) in [4.78, 5) is -0.185. The molecule has 0 aromatic heterocycles. The van der Waals surface area contributed by atoms with Crippen molar-refractivity contribution >= 4 is 38.9 Å². The molecule has 20 heavy (non-hydrogen) atoms. The van der Waals surface area contributed by atoms with Crippen LogP contribution in [0.4, 0.5) is 5.69 Å². The summed E-state index contributed by atoms with van der Waals surface area (Å²) in [7, 11) is -3.84. The van der Waals surface area contributed by atoms with Crippen molar-refractivity contribution in [3.05, 3.63) is 22.2 Å². The summed E-state index contributed by atoms with van der Waals surface area (Å²) in [6, 6.07) is 2.67. The molecule has 0 aliphatic heterocycles. The molecule has 0 saturated heterocycles. The molecule has 1 aromatic carbocycles. The molecule has 0 heterocycles. The van der Waals surface area contributed by atoms with Crippen LogP contribution in [0.1, 0.15) is 20.3 Å². The van der Waals surface area contributed by atoms with E-state index in [1.165, 1.54) is 12.1 Å². The lowest BCUT2D eigenvalue weighted by Gasteiger charge is -2.24. The van der Waals surface area contributed by atoms with E-state index >= 15 is 0 Å². The van der Waals surface area contributed by atoms with E-state index in [1.807, 2.05) is 13.8 Å². The zero-order valence-electron chi connectivity index (χ0n) is 11.3. The normalized spacial score (nSPS) is 12.7. The fourth-order valence-corrected chi connectivity index (χ4v) is 4.06. The summed E-state index contributed by atoms with van der Waals surface area (Å²) in [6.07, 6.45) is 0.471. The molecule has 1 rings (SSSR count). The van der Waals surface area contributed by atoms with Crippen LogP contribution in [0.15, 0.2) is 17.0 Å². The van der Waals surface area contributed by atoms with Crippen LogP contribution in [0.3, 0.4) is 0 Å². The molecule has 5 nitrogen and oxygen atoms in total. The van der Waals surface area contributed by atoms with Crippen LogP contribution < -0.4 is 10.5 Å². The second kappa shape index (κ2) is 6.49. The molecule has 0 atom stereocenters. The molecule has 0 saturated carbocycles. The van der Waals surface area contributed by atoms with Crippen molar-refractivity contribution < 1.29 is 13.5 Å². The lowest BCUT2D eigenvalue weighted by Crippen LogP contribution is -2.34. The average Bonchev–Trinajstić information content (AvgIpc) is 2.24.